The first-order valence-corrected chi connectivity index (χ1v) is 11.3. The molecule has 2 aromatic carbocycles. The largest absolute Gasteiger partial charge is 0.381 e. The fourth-order valence-corrected chi connectivity index (χ4v) is 6.12. The SMILES string of the molecule is CO[C@H]1CC[C@]2(CC1)Cc1ccc(Br)cc1C21N=C(N)N(Cc2ccccc2)C1=O. The quantitative estimate of drug-likeness (QED) is 0.737. The molecule has 5 rings (SSSR count). The van der Waals surface area contributed by atoms with Crippen molar-refractivity contribution in [3.63, 3.8) is 0 Å². The highest BCUT2D eigenvalue weighted by Gasteiger charge is 2.66. The first-order valence-electron chi connectivity index (χ1n) is 10.5. The summed E-state index contributed by atoms with van der Waals surface area (Å²) < 4.78 is 6.59. The number of nitrogens with zero attached hydrogens (tertiary/aromatic N) is 2. The van der Waals surface area contributed by atoms with E-state index < -0.39 is 5.54 Å². The first-order chi connectivity index (χ1) is 14.5. The fraction of sp³-hybridized carbons (Fsp3) is 0.417. The van der Waals surface area contributed by atoms with Crippen LogP contribution in [0, 0.1) is 5.41 Å². The summed E-state index contributed by atoms with van der Waals surface area (Å²) >= 11 is 3.61. The summed E-state index contributed by atoms with van der Waals surface area (Å²) in [5.74, 6) is 0.335. The third-order valence-electron chi connectivity index (χ3n) is 7.28. The van der Waals surface area contributed by atoms with Gasteiger partial charge in [0.05, 0.1) is 12.6 Å². The molecule has 2 spiro atoms. The number of rotatable bonds is 3. The van der Waals surface area contributed by atoms with Gasteiger partial charge in [-0.25, -0.2) is 4.99 Å². The van der Waals surface area contributed by atoms with Gasteiger partial charge in [0.1, 0.15) is 0 Å². The molecule has 1 unspecified atom stereocenters. The normalized spacial score (nSPS) is 30.2. The van der Waals surface area contributed by atoms with Crippen molar-refractivity contribution in [2.24, 2.45) is 16.1 Å². The number of benzene rings is 2. The van der Waals surface area contributed by atoms with E-state index in [1.807, 2.05) is 30.3 Å². The molecule has 1 amide bonds. The van der Waals surface area contributed by atoms with E-state index in [2.05, 4.69) is 34.1 Å². The van der Waals surface area contributed by atoms with E-state index in [0.29, 0.717) is 12.5 Å². The van der Waals surface area contributed by atoms with E-state index in [0.717, 1.165) is 47.7 Å². The highest BCUT2D eigenvalue weighted by atomic mass is 79.9. The summed E-state index contributed by atoms with van der Waals surface area (Å²) in [5.41, 5.74) is 8.50. The highest BCUT2D eigenvalue weighted by Crippen LogP contribution is 2.62. The lowest BCUT2D eigenvalue weighted by Gasteiger charge is -2.45. The van der Waals surface area contributed by atoms with E-state index in [1.54, 1.807) is 12.0 Å². The molecule has 2 aliphatic carbocycles. The van der Waals surface area contributed by atoms with E-state index in [9.17, 15) is 4.79 Å². The number of halogens is 1. The topological polar surface area (TPSA) is 67.9 Å². The van der Waals surface area contributed by atoms with Crippen molar-refractivity contribution in [1.82, 2.24) is 4.90 Å². The Bertz CT molecular complexity index is 1010. The maximum Gasteiger partial charge on any atom is 0.262 e. The van der Waals surface area contributed by atoms with Crippen molar-refractivity contribution in [3.05, 3.63) is 69.7 Å². The van der Waals surface area contributed by atoms with Crippen LogP contribution in [0.1, 0.15) is 42.4 Å². The fourth-order valence-electron chi connectivity index (χ4n) is 5.75. The van der Waals surface area contributed by atoms with Gasteiger partial charge in [-0.3, -0.25) is 9.69 Å². The minimum Gasteiger partial charge on any atom is -0.381 e. The molecule has 0 radical (unpaired) electrons. The van der Waals surface area contributed by atoms with Gasteiger partial charge in [0, 0.05) is 17.0 Å². The minimum absolute atomic E-state index is 0.0107. The molecule has 1 heterocycles. The Kier molecular flexibility index (Phi) is 4.75. The Morgan fingerprint density at radius 2 is 1.93 bits per heavy atom. The zero-order valence-corrected chi connectivity index (χ0v) is 18.7. The zero-order valence-electron chi connectivity index (χ0n) is 17.1. The number of aliphatic imine (C=N–C) groups is 1. The second-order valence-electron chi connectivity index (χ2n) is 8.75. The van der Waals surface area contributed by atoms with Gasteiger partial charge in [0.25, 0.3) is 5.91 Å². The molecule has 1 saturated carbocycles. The second-order valence-corrected chi connectivity index (χ2v) is 9.67. The predicted octanol–water partition coefficient (Wildman–Crippen LogP) is 4.13. The Hall–Kier alpha value is -2.18. The average molecular weight is 468 g/mol. The molecule has 1 aliphatic heterocycles. The van der Waals surface area contributed by atoms with Crippen LogP contribution in [0.15, 0.2) is 58.0 Å². The molecule has 5 nitrogen and oxygen atoms in total. The van der Waals surface area contributed by atoms with Crippen LogP contribution < -0.4 is 5.73 Å². The lowest BCUT2D eigenvalue weighted by atomic mass is 9.61. The summed E-state index contributed by atoms with van der Waals surface area (Å²) in [5, 5.41) is 0. The summed E-state index contributed by atoms with van der Waals surface area (Å²) in [6.07, 6.45) is 4.79. The van der Waals surface area contributed by atoms with Crippen molar-refractivity contribution in [3.8, 4) is 0 Å². The van der Waals surface area contributed by atoms with Crippen molar-refractivity contribution >= 4 is 27.8 Å². The maximum atomic E-state index is 14.1. The molecule has 1 atom stereocenters. The van der Waals surface area contributed by atoms with Gasteiger partial charge in [-0.1, -0.05) is 52.3 Å². The first kappa shape index (κ1) is 19.8. The number of guanidine groups is 1. The number of ether oxygens (including phenoxy) is 1. The van der Waals surface area contributed by atoms with Crippen molar-refractivity contribution in [2.75, 3.05) is 7.11 Å². The minimum atomic E-state index is -0.941. The maximum absolute atomic E-state index is 14.1. The summed E-state index contributed by atoms with van der Waals surface area (Å²) in [4.78, 5) is 20.8. The van der Waals surface area contributed by atoms with Gasteiger partial charge in [-0.15, -0.1) is 0 Å². The standard InChI is InChI=1S/C24H26BrN3O2/c1-30-19-9-11-23(12-10-19)14-17-7-8-18(25)13-20(17)24(23)21(29)28(22(26)27-24)15-16-5-3-2-4-6-16/h2-8,13,19H,9-12,14-15H2,1H3,(H2,26,27)/t19-,23-,24?. The van der Waals surface area contributed by atoms with E-state index >= 15 is 0 Å². The van der Waals surface area contributed by atoms with Gasteiger partial charge in [0.2, 0.25) is 0 Å². The summed E-state index contributed by atoms with van der Waals surface area (Å²) in [6, 6.07) is 16.2. The number of fused-ring (bicyclic) bond motifs is 3. The highest BCUT2D eigenvalue weighted by molar-refractivity contribution is 9.10. The molecule has 0 bridgehead atoms. The Morgan fingerprint density at radius 1 is 1.20 bits per heavy atom. The van der Waals surface area contributed by atoms with Crippen LogP contribution in [0.25, 0.3) is 0 Å². The van der Waals surface area contributed by atoms with Crippen LogP contribution in [0.5, 0.6) is 0 Å². The van der Waals surface area contributed by atoms with E-state index in [1.165, 1.54) is 5.56 Å². The average Bonchev–Trinajstić information content (AvgIpc) is 3.16. The molecule has 30 heavy (non-hydrogen) atoms. The van der Waals surface area contributed by atoms with Crippen LogP contribution >= 0.6 is 15.9 Å². The van der Waals surface area contributed by atoms with Crippen LogP contribution in [0.2, 0.25) is 0 Å². The lowest BCUT2D eigenvalue weighted by Crippen LogP contribution is -2.52. The van der Waals surface area contributed by atoms with Crippen molar-refractivity contribution in [2.45, 2.75) is 50.3 Å². The monoisotopic (exact) mass is 467 g/mol. The lowest BCUT2D eigenvalue weighted by molar-refractivity contribution is -0.138. The molecule has 2 aromatic rings. The number of methoxy groups -OCH3 is 1. The van der Waals surface area contributed by atoms with Gasteiger partial charge >= 0.3 is 0 Å². The smallest absolute Gasteiger partial charge is 0.262 e. The molecular formula is C24H26BrN3O2. The molecule has 0 aromatic heterocycles. The van der Waals surface area contributed by atoms with Gasteiger partial charge < -0.3 is 10.5 Å². The van der Waals surface area contributed by atoms with Crippen LogP contribution in [0.4, 0.5) is 0 Å². The predicted molar refractivity (Wildman–Crippen MR) is 120 cm³/mol. The number of amides is 1. The Labute approximate surface area is 185 Å². The number of hydrogen-bond donors (Lipinski definition) is 1. The molecular weight excluding hydrogens is 442 g/mol. The van der Waals surface area contributed by atoms with Gasteiger partial charge in [-0.2, -0.15) is 0 Å². The number of nitrogens with two attached hydrogens (primary N) is 1. The molecule has 156 valence electrons. The number of carbonyl (C=O) groups is 1. The van der Waals surface area contributed by atoms with Crippen LogP contribution in [-0.2, 0) is 28.0 Å². The summed E-state index contributed by atoms with van der Waals surface area (Å²) in [6.45, 7) is 0.441. The van der Waals surface area contributed by atoms with E-state index in [-0.39, 0.29) is 17.4 Å². The number of hydrogen-bond acceptors (Lipinski definition) is 4. The summed E-state index contributed by atoms with van der Waals surface area (Å²) in [7, 11) is 1.78. The van der Waals surface area contributed by atoms with Crippen molar-refractivity contribution < 1.29 is 9.53 Å². The molecule has 0 saturated heterocycles. The second kappa shape index (κ2) is 7.20. The third-order valence-corrected chi connectivity index (χ3v) is 7.77. The third kappa shape index (κ3) is 2.77. The zero-order chi connectivity index (χ0) is 20.9. The van der Waals surface area contributed by atoms with Gasteiger partial charge in [0.15, 0.2) is 11.5 Å². The molecule has 2 N–H and O–H groups in total. The van der Waals surface area contributed by atoms with Crippen LogP contribution in [0.3, 0.4) is 0 Å². The van der Waals surface area contributed by atoms with E-state index in [4.69, 9.17) is 15.5 Å². The van der Waals surface area contributed by atoms with Gasteiger partial charge in [-0.05, 0) is 60.9 Å². The molecule has 6 heteroatoms. The number of carbonyl (C=O) groups excluding carboxylic acids is 1. The Balaban J connectivity index is 1.60. The molecule has 1 fully saturated rings. The Morgan fingerprint density at radius 3 is 2.63 bits per heavy atom. The van der Waals surface area contributed by atoms with Crippen molar-refractivity contribution in [1.29, 1.82) is 0 Å². The van der Waals surface area contributed by atoms with Crippen LogP contribution in [-0.4, -0.2) is 30.0 Å². The molecule has 3 aliphatic rings.